The van der Waals surface area contributed by atoms with Crippen molar-refractivity contribution < 1.29 is 17.9 Å². The van der Waals surface area contributed by atoms with E-state index in [-0.39, 0.29) is 18.7 Å². The molecule has 0 spiro atoms. The van der Waals surface area contributed by atoms with Crippen molar-refractivity contribution in [3.63, 3.8) is 0 Å². The Bertz CT molecular complexity index is 389. The minimum atomic E-state index is -4.17. The lowest BCUT2D eigenvalue weighted by Gasteiger charge is -2.23. The molecule has 0 aromatic carbocycles. The molecule has 2 bridgehead atoms. The first-order valence-electron chi connectivity index (χ1n) is 7.83. The molecule has 128 valence electrons. The van der Waals surface area contributed by atoms with E-state index in [2.05, 4.69) is 15.6 Å². The number of ether oxygens (including phenoxy) is 1. The molecule has 2 aliphatic heterocycles. The first kappa shape index (κ1) is 17.3. The van der Waals surface area contributed by atoms with Gasteiger partial charge in [-0.05, 0) is 33.2 Å². The fourth-order valence-corrected chi connectivity index (χ4v) is 3.00. The van der Waals surface area contributed by atoms with E-state index in [9.17, 15) is 13.2 Å². The van der Waals surface area contributed by atoms with Gasteiger partial charge in [0.1, 0.15) is 0 Å². The number of hydrogen-bond acceptors (Lipinski definition) is 3. The third-order valence-electron chi connectivity index (χ3n) is 3.97. The Morgan fingerprint density at radius 1 is 1.36 bits per heavy atom. The van der Waals surface area contributed by atoms with E-state index in [0.717, 1.165) is 19.3 Å². The normalized spacial score (nSPS) is 28.5. The summed E-state index contributed by atoms with van der Waals surface area (Å²) in [4.78, 5) is 5.59. The number of hydrogen-bond donors (Lipinski definition) is 2. The summed E-state index contributed by atoms with van der Waals surface area (Å²) >= 11 is 0. The summed E-state index contributed by atoms with van der Waals surface area (Å²) in [5, 5.41) is 6.48. The Labute approximate surface area is 129 Å². The van der Waals surface area contributed by atoms with Crippen LogP contribution in [0, 0.1) is 0 Å². The number of fused-ring (bicyclic) bond motifs is 2. The topological polar surface area (TPSA) is 48.9 Å². The molecule has 0 amide bonds. The maximum Gasteiger partial charge on any atom is 0.401 e. The first-order chi connectivity index (χ1) is 10.4. The predicted octanol–water partition coefficient (Wildman–Crippen LogP) is 1.36. The second-order valence-electron chi connectivity index (χ2n) is 5.97. The molecule has 0 aromatic rings. The molecule has 2 fully saturated rings. The lowest BCUT2D eigenvalue weighted by Crippen LogP contribution is -2.47. The molecule has 3 atom stereocenters. The number of nitrogens with one attached hydrogen (secondary N) is 2. The minimum absolute atomic E-state index is 0.238. The Hall–Kier alpha value is -1.02. The number of alkyl halides is 3. The van der Waals surface area contributed by atoms with Gasteiger partial charge >= 0.3 is 6.18 Å². The Balaban J connectivity index is 1.77. The van der Waals surface area contributed by atoms with E-state index in [1.54, 1.807) is 0 Å². The predicted molar refractivity (Wildman–Crippen MR) is 79.0 cm³/mol. The summed E-state index contributed by atoms with van der Waals surface area (Å²) in [7, 11) is 1.45. The fourth-order valence-electron chi connectivity index (χ4n) is 3.00. The molecular formula is C14H25F3N4O. The van der Waals surface area contributed by atoms with Crippen LogP contribution in [0.3, 0.4) is 0 Å². The molecule has 5 nitrogen and oxygen atoms in total. The van der Waals surface area contributed by atoms with Crippen LogP contribution < -0.4 is 10.6 Å². The fraction of sp³-hybridized carbons (Fsp3) is 0.929. The van der Waals surface area contributed by atoms with Crippen LogP contribution in [0.2, 0.25) is 0 Å². The first-order valence-corrected chi connectivity index (χ1v) is 7.83. The van der Waals surface area contributed by atoms with Gasteiger partial charge in [-0.2, -0.15) is 13.2 Å². The molecule has 2 saturated heterocycles. The van der Waals surface area contributed by atoms with Crippen LogP contribution in [0.15, 0.2) is 4.99 Å². The van der Waals surface area contributed by atoms with Crippen molar-refractivity contribution in [1.82, 2.24) is 15.5 Å². The molecule has 22 heavy (non-hydrogen) atoms. The average Bonchev–Trinajstić information content (AvgIpc) is 2.99. The molecule has 0 saturated carbocycles. The van der Waals surface area contributed by atoms with Crippen LogP contribution >= 0.6 is 0 Å². The molecule has 8 heteroatoms. The van der Waals surface area contributed by atoms with Crippen LogP contribution in [0.25, 0.3) is 0 Å². The average molecular weight is 322 g/mol. The number of rotatable bonds is 6. The van der Waals surface area contributed by atoms with Crippen molar-refractivity contribution in [1.29, 1.82) is 0 Å². The molecule has 2 heterocycles. The molecule has 2 N–H and O–H groups in total. The highest BCUT2D eigenvalue weighted by Crippen LogP contribution is 2.34. The molecule has 0 aromatic heterocycles. The minimum Gasteiger partial charge on any atom is -0.373 e. The summed E-state index contributed by atoms with van der Waals surface area (Å²) in [6.07, 6.45) is -0.412. The third-order valence-corrected chi connectivity index (χ3v) is 3.97. The number of aliphatic imine (C=N–C) groups is 1. The Morgan fingerprint density at radius 2 is 2.14 bits per heavy atom. The highest BCUT2D eigenvalue weighted by molar-refractivity contribution is 5.80. The Morgan fingerprint density at radius 3 is 2.68 bits per heavy atom. The largest absolute Gasteiger partial charge is 0.401 e. The molecule has 2 rings (SSSR count). The zero-order valence-electron chi connectivity index (χ0n) is 13.1. The van der Waals surface area contributed by atoms with E-state index in [1.807, 2.05) is 6.92 Å². The second-order valence-corrected chi connectivity index (χ2v) is 5.97. The zero-order chi connectivity index (χ0) is 16.2. The van der Waals surface area contributed by atoms with Gasteiger partial charge in [0.15, 0.2) is 5.96 Å². The van der Waals surface area contributed by atoms with Gasteiger partial charge in [0.25, 0.3) is 0 Å². The summed E-state index contributed by atoms with van der Waals surface area (Å²) in [6, 6.07) is 0.254. The molecule has 3 unspecified atom stereocenters. The van der Waals surface area contributed by atoms with E-state index >= 15 is 0 Å². The number of guanidine groups is 1. The Kier molecular flexibility index (Phi) is 5.91. The van der Waals surface area contributed by atoms with Crippen molar-refractivity contribution in [2.45, 2.75) is 50.6 Å². The smallest absolute Gasteiger partial charge is 0.373 e. The van der Waals surface area contributed by atoms with Gasteiger partial charge in [-0.1, -0.05) is 0 Å². The van der Waals surface area contributed by atoms with E-state index in [0.29, 0.717) is 25.2 Å². The van der Waals surface area contributed by atoms with Crippen LogP contribution in [-0.4, -0.2) is 68.5 Å². The number of halogens is 3. The van der Waals surface area contributed by atoms with Gasteiger partial charge in [-0.3, -0.25) is 9.89 Å². The van der Waals surface area contributed by atoms with Crippen LogP contribution in [0.4, 0.5) is 13.2 Å². The van der Waals surface area contributed by atoms with Crippen LogP contribution in [0.1, 0.15) is 26.2 Å². The van der Waals surface area contributed by atoms with E-state index in [1.165, 1.54) is 11.9 Å². The SMILES string of the molecule is CCNC(=NCCN(C)CC(F)(F)F)NC1CC2CCC1O2. The quantitative estimate of drug-likeness (QED) is 0.573. The number of likely N-dealkylation sites (N-methyl/N-ethyl adjacent to an activating group) is 1. The highest BCUT2D eigenvalue weighted by atomic mass is 19.4. The van der Waals surface area contributed by atoms with Crippen molar-refractivity contribution in [3.05, 3.63) is 0 Å². The van der Waals surface area contributed by atoms with Gasteiger partial charge in [-0.15, -0.1) is 0 Å². The third kappa shape index (κ3) is 5.31. The standard InChI is InChI=1S/C14H25F3N4O/c1-3-18-13(19-6-7-21(2)9-14(15,16)17)20-11-8-10-4-5-12(11)22-10/h10-12H,3-9H2,1-2H3,(H2,18,19,20). The highest BCUT2D eigenvalue weighted by Gasteiger charge is 2.41. The van der Waals surface area contributed by atoms with Crippen molar-refractivity contribution >= 4 is 5.96 Å². The summed E-state index contributed by atoms with van der Waals surface area (Å²) in [5.41, 5.74) is 0. The van der Waals surface area contributed by atoms with E-state index in [4.69, 9.17) is 4.74 Å². The van der Waals surface area contributed by atoms with Crippen molar-refractivity contribution in [2.24, 2.45) is 4.99 Å². The monoisotopic (exact) mass is 322 g/mol. The lowest BCUT2D eigenvalue weighted by molar-refractivity contribution is -0.142. The van der Waals surface area contributed by atoms with Gasteiger partial charge in [0, 0.05) is 13.1 Å². The summed E-state index contributed by atoms with van der Waals surface area (Å²) in [6.45, 7) is 2.36. The zero-order valence-corrected chi connectivity index (χ0v) is 13.1. The van der Waals surface area contributed by atoms with Crippen molar-refractivity contribution in [3.8, 4) is 0 Å². The lowest BCUT2D eigenvalue weighted by atomic mass is 9.96. The molecule has 0 radical (unpaired) electrons. The summed E-state index contributed by atoms with van der Waals surface area (Å²) in [5.74, 6) is 0.657. The molecule has 0 aliphatic carbocycles. The van der Waals surface area contributed by atoms with Crippen molar-refractivity contribution in [2.75, 3.05) is 33.2 Å². The van der Waals surface area contributed by atoms with Gasteiger partial charge in [0.2, 0.25) is 0 Å². The van der Waals surface area contributed by atoms with Gasteiger partial charge in [0.05, 0.1) is 31.3 Å². The maximum atomic E-state index is 12.3. The van der Waals surface area contributed by atoms with E-state index < -0.39 is 12.7 Å². The molecule has 2 aliphatic rings. The second kappa shape index (κ2) is 7.50. The number of nitrogens with zero attached hydrogens (tertiary/aromatic N) is 2. The molecular weight excluding hydrogens is 297 g/mol. The van der Waals surface area contributed by atoms with Crippen LogP contribution in [0.5, 0.6) is 0 Å². The maximum absolute atomic E-state index is 12.3. The van der Waals surface area contributed by atoms with Gasteiger partial charge in [-0.25, -0.2) is 0 Å². The summed E-state index contributed by atoms with van der Waals surface area (Å²) < 4.78 is 42.5. The van der Waals surface area contributed by atoms with Gasteiger partial charge < -0.3 is 15.4 Å². The van der Waals surface area contributed by atoms with Crippen LogP contribution in [-0.2, 0) is 4.74 Å².